The first-order valence-corrected chi connectivity index (χ1v) is 12.7. The van der Waals surface area contributed by atoms with Gasteiger partial charge in [-0.2, -0.15) is 0 Å². The van der Waals surface area contributed by atoms with Crippen LogP contribution in [0.3, 0.4) is 0 Å². The number of ether oxygens (including phenoxy) is 2. The second-order valence-electron chi connectivity index (χ2n) is 9.02. The molecule has 0 aliphatic carbocycles. The van der Waals surface area contributed by atoms with E-state index in [0.29, 0.717) is 43.0 Å². The minimum Gasteiger partial charge on any atom is -0.494 e. The number of carbonyl (C=O) groups is 1. The van der Waals surface area contributed by atoms with Crippen LogP contribution in [0.2, 0.25) is 5.02 Å². The molecular formula is C29H33ClN2O4. The van der Waals surface area contributed by atoms with E-state index in [9.17, 15) is 9.90 Å². The van der Waals surface area contributed by atoms with Crippen LogP contribution in [0.15, 0.2) is 66.7 Å². The van der Waals surface area contributed by atoms with Crippen molar-refractivity contribution in [3.05, 3.63) is 94.0 Å². The Morgan fingerprint density at radius 2 is 1.92 bits per heavy atom. The van der Waals surface area contributed by atoms with E-state index in [1.54, 1.807) is 13.1 Å². The van der Waals surface area contributed by atoms with Gasteiger partial charge in [0, 0.05) is 42.7 Å². The maximum absolute atomic E-state index is 11.9. The maximum Gasteiger partial charge on any atom is 0.251 e. The lowest BCUT2D eigenvalue weighted by molar-refractivity contribution is -0.0916. The smallest absolute Gasteiger partial charge is 0.251 e. The standard InChI is InChI=1S/C29H33ClN2O4/c1-3-35-25-10-7-19(8-11-25)13-22-14-20(9-12-27(22)30)28-17-24(33)16-26(36-28)18-32-23-6-4-5-21(15-23)29(34)31-2/h4-12,14-15,24,26,28,32-33H,3,13,16-18H2,1-2H3,(H,31,34)/t24-,26-,28+/m0/s1. The molecule has 1 aliphatic rings. The largest absolute Gasteiger partial charge is 0.494 e. The van der Waals surface area contributed by atoms with Crippen LogP contribution >= 0.6 is 11.6 Å². The molecule has 1 aliphatic heterocycles. The quantitative estimate of drug-likeness (QED) is 0.361. The third kappa shape index (κ3) is 6.78. The fourth-order valence-electron chi connectivity index (χ4n) is 4.50. The molecular weight excluding hydrogens is 476 g/mol. The second-order valence-corrected chi connectivity index (χ2v) is 9.42. The molecule has 3 aromatic rings. The Labute approximate surface area is 217 Å². The number of hydrogen-bond donors (Lipinski definition) is 3. The number of rotatable bonds is 9. The lowest BCUT2D eigenvalue weighted by Crippen LogP contribution is -2.35. The molecule has 0 aromatic heterocycles. The molecule has 6 nitrogen and oxygen atoms in total. The lowest BCUT2D eigenvalue weighted by atomic mass is 9.93. The van der Waals surface area contributed by atoms with Crippen molar-refractivity contribution in [2.75, 3.05) is 25.5 Å². The molecule has 1 saturated heterocycles. The Hall–Kier alpha value is -3.06. The molecule has 1 fully saturated rings. The van der Waals surface area contributed by atoms with Crippen molar-refractivity contribution in [1.82, 2.24) is 5.32 Å². The number of aliphatic hydroxyl groups is 1. The van der Waals surface area contributed by atoms with E-state index >= 15 is 0 Å². The van der Waals surface area contributed by atoms with Gasteiger partial charge in [0.2, 0.25) is 0 Å². The van der Waals surface area contributed by atoms with Crippen LogP contribution in [-0.4, -0.2) is 43.4 Å². The fraction of sp³-hybridized carbons (Fsp3) is 0.345. The van der Waals surface area contributed by atoms with Crippen molar-refractivity contribution in [2.45, 2.75) is 44.5 Å². The summed E-state index contributed by atoms with van der Waals surface area (Å²) < 4.78 is 11.9. The molecule has 3 atom stereocenters. The van der Waals surface area contributed by atoms with Gasteiger partial charge in [-0.05, 0) is 66.4 Å². The molecule has 4 rings (SSSR count). The molecule has 0 unspecified atom stereocenters. The Bertz CT molecular complexity index is 1170. The third-order valence-corrected chi connectivity index (χ3v) is 6.70. The van der Waals surface area contributed by atoms with Crippen LogP contribution in [0.5, 0.6) is 5.75 Å². The SMILES string of the molecule is CCOc1ccc(Cc2cc([C@H]3C[C@@H](O)C[C@@H](CNc4cccc(C(=O)NC)c4)O3)ccc2Cl)cc1. The molecule has 0 radical (unpaired) electrons. The summed E-state index contributed by atoms with van der Waals surface area (Å²) in [6.45, 7) is 3.13. The van der Waals surface area contributed by atoms with E-state index in [-0.39, 0.29) is 18.1 Å². The summed E-state index contributed by atoms with van der Waals surface area (Å²) in [7, 11) is 1.61. The van der Waals surface area contributed by atoms with E-state index in [1.807, 2.05) is 49.4 Å². The number of halogens is 1. The average molecular weight is 509 g/mol. The van der Waals surface area contributed by atoms with Crippen LogP contribution in [0.1, 0.15) is 52.9 Å². The second kappa shape index (κ2) is 12.3. The van der Waals surface area contributed by atoms with Gasteiger partial charge in [-0.3, -0.25) is 4.79 Å². The van der Waals surface area contributed by atoms with Gasteiger partial charge in [0.25, 0.3) is 5.91 Å². The average Bonchev–Trinajstić information content (AvgIpc) is 2.89. The molecule has 36 heavy (non-hydrogen) atoms. The molecule has 190 valence electrons. The summed E-state index contributed by atoms with van der Waals surface area (Å²) in [5.41, 5.74) is 4.59. The molecule has 3 aromatic carbocycles. The van der Waals surface area contributed by atoms with Crippen molar-refractivity contribution in [1.29, 1.82) is 0 Å². The van der Waals surface area contributed by atoms with Crippen LogP contribution in [-0.2, 0) is 11.2 Å². The third-order valence-electron chi connectivity index (χ3n) is 6.33. The van der Waals surface area contributed by atoms with Gasteiger partial charge in [-0.15, -0.1) is 0 Å². The fourth-order valence-corrected chi connectivity index (χ4v) is 4.69. The number of benzene rings is 3. The van der Waals surface area contributed by atoms with Crippen molar-refractivity contribution in [2.24, 2.45) is 0 Å². The highest BCUT2D eigenvalue weighted by Gasteiger charge is 2.29. The first-order chi connectivity index (χ1) is 17.4. The minimum absolute atomic E-state index is 0.133. The summed E-state index contributed by atoms with van der Waals surface area (Å²) in [5, 5.41) is 17.3. The minimum atomic E-state index is -0.460. The Kier molecular flexibility index (Phi) is 8.86. The van der Waals surface area contributed by atoms with E-state index < -0.39 is 6.10 Å². The van der Waals surface area contributed by atoms with E-state index in [1.165, 1.54) is 0 Å². The summed E-state index contributed by atoms with van der Waals surface area (Å²) in [6.07, 6.45) is 0.915. The maximum atomic E-state index is 11.9. The number of amides is 1. The van der Waals surface area contributed by atoms with Crippen LogP contribution < -0.4 is 15.4 Å². The molecule has 7 heteroatoms. The predicted molar refractivity (Wildman–Crippen MR) is 143 cm³/mol. The van der Waals surface area contributed by atoms with Gasteiger partial charge >= 0.3 is 0 Å². The zero-order valence-corrected chi connectivity index (χ0v) is 21.4. The summed E-state index contributed by atoms with van der Waals surface area (Å²) in [6, 6.07) is 21.3. The zero-order valence-electron chi connectivity index (χ0n) is 20.7. The molecule has 3 N–H and O–H groups in total. The Morgan fingerprint density at radius 1 is 1.11 bits per heavy atom. The van der Waals surface area contributed by atoms with Gasteiger partial charge in [-0.1, -0.05) is 41.9 Å². The highest BCUT2D eigenvalue weighted by molar-refractivity contribution is 6.31. The Balaban J connectivity index is 1.42. The van der Waals surface area contributed by atoms with Gasteiger partial charge < -0.3 is 25.2 Å². The summed E-state index contributed by atoms with van der Waals surface area (Å²) >= 11 is 6.53. The van der Waals surface area contributed by atoms with Gasteiger partial charge in [0.1, 0.15) is 5.75 Å². The van der Waals surface area contributed by atoms with E-state index in [4.69, 9.17) is 21.1 Å². The topological polar surface area (TPSA) is 79.8 Å². The Morgan fingerprint density at radius 3 is 2.67 bits per heavy atom. The van der Waals surface area contributed by atoms with Gasteiger partial charge in [0.05, 0.1) is 24.9 Å². The van der Waals surface area contributed by atoms with Crippen molar-refractivity contribution < 1.29 is 19.4 Å². The van der Waals surface area contributed by atoms with Crippen LogP contribution in [0, 0.1) is 0 Å². The molecule has 0 spiro atoms. The van der Waals surface area contributed by atoms with Gasteiger partial charge in [-0.25, -0.2) is 0 Å². The number of aliphatic hydroxyl groups excluding tert-OH is 1. The number of nitrogens with one attached hydrogen (secondary N) is 2. The molecule has 0 bridgehead atoms. The van der Waals surface area contributed by atoms with E-state index in [0.717, 1.165) is 28.1 Å². The number of anilines is 1. The normalized spacial score (nSPS) is 19.5. The van der Waals surface area contributed by atoms with Crippen molar-refractivity contribution >= 4 is 23.2 Å². The van der Waals surface area contributed by atoms with Gasteiger partial charge in [0.15, 0.2) is 0 Å². The monoisotopic (exact) mass is 508 g/mol. The first-order valence-electron chi connectivity index (χ1n) is 12.3. The molecule has 1 heterocycles. The van der Waals surface area contributed by atoms with E-state index in [2.05, 4.69) is 28.8 Å². The molecule has 0 saturated carbocycles. The highest BCUT2D eigenvalue weighted by Crippen LogP contribution is 2.34. The molecule has 1 amide bonds. The summed E-state index contributed by atoms with van der Waals surface area (Å²) in [5.74, 6) is 0.720. The van der Waals surface area contributed by atoms with Crippen LogP contribution in [0.25, 0.3) is 0 Å². The predicted octanol–water partition coefficient (Wildman–Crippen LogP) is 5.38. The van der Waals surface area contributed by atoms with Crippen LogP contribution in [0.4, 0.5) is 5.69 Å². The zero-order chi connectivity index (χ0) is 25.5. The first kappa shape index (κ1) is 26.0. The number of carbonyl (C=O) groups excluding carboxylic acids is 1. The lowest BCUT2D eigenvalue weighted by Gasteiger charge is -2.34. The number of hydrogen-bond acceptors (Lipinski definition) is 5. The summed E-state index contributed by atoms with van der Waals surface area (Å²) in [4.78, 5) is 11.9. The van der Waals surface area contributed by atoms with Crippen molar-refractivity contribution in [3.63, 3.8) is 0 Å². The van der Waals surface area contributed by atoms with Crippen molar-refractivity contribution in [3.8, 4) is 5.75 Å². The highest BCUT2D eigenvalue weighted by atomic mass is 35.5.